The number of nitrogens with two attached hydrogens (primary N) is 1. The van der Waals surface area contributed by atoms with Crippen molar-refractivity contribution in [3.63, 3.8) is 0 Å². The number of nitrogens with zero attached hydrogens (tertiary/aromatic N) is 2. The van der Waals surface area contributed by atoms with Gasteiger partial charge in [-0.1, -0.05) is 29.4 Å². The number of methoxy groups -OCH3 is 1. The van der Waals surface area contributed by atoms with Crippen LogP contribution in [0.25, 0.3) is 11.4 Å². The summed E-state index contributed by atoms with van der Waals surface area (Å²) in [5.41, 5.74) is 7.40. The van der Waals surface area contributed by atoms with Crippen molar-refractivity contribution in [1.82, 2.24) is 10.1 Å². The van der Waals surface area contributed by atoms with Crippen LogP contribution in [-0.2, 0) is 17.9 Å². The van der Waals surface area contributed by atoms with Gasteiger partial charge in [0, 0.05) is 12.7 Å². The molecule has 16 heavy (non-hydrogen) atoms. The summed E-state index contributed by atoms with van der Waals surface area (Å²) < 4.78 is 9.96. The van der Waals surface area contributed by atoms with Crippen LogP contribution in [-0.4, -0.2) is 17.3 Å². The first-order chi connectivity index (χ1) is 7.83. The maximum Gasteiger partial charge on any atom is 0.240 e. The average molecular weight is 219 g/mol. The van der Waals surface area contributed by atoms with Gasteiger partial charge in [-0.25, -0.2) is 0 Å². The van der Waals surface area contributed by atoms with E-state index in [1.165, 1.54) is 0 Å². The Morgan fingerprint density at radius 1 is 1.31 bits per heavy atom. The molecule has 2 rings (SSSR count). The Balaban J connectivity index is 2.20. The number of benzene rings is 1. The maximum absolute atomic E-state index is 5.39. The van der Waals surface area contributed by atoms with Gasteiger partial charge in [-0.05, 0) is 5.56 Å². The van der Waals surface area contributed by atoms with Crippen LogP contribution in [0.3, 0.4) is 0 Å². The van der Waals surface area contributed by atoms with E-state index in [1.807, 2.05) is 24.3 Å². The Morgan fingerprint density at radius 3 is 2.62 bits per heavy atom. The molecular weight excluding hydrogens is 206 g/mol. The molecule has 0 saturated heterocycles. The molecule has 0 radical (unpaired) electrons. The monoisotopic (exact) mass is 219 g/mol. The fourth-order valence-electron chi connectivity index (χ4n) is 1.37. The predicted octanol–water partition coefficient (Wildman–Crippen LogP) is 1.34. The second kappa shape index (κ2) is 4.87. The average Bonchev–Trinajstić information content (AvgIpc) is 2.79. The minimum absolute atomic E-state index is 0.259. The molecule has 0 aliphatic heterocycles. The zero-order valence-electron chi connectivity index (χ0n) is 9.01. The Hall–Kier alpha value is -1.72. The van der Waals surface area contributed by atoms with E-state index in [9.17, 15) is 0 Å². The van der Waals surface area contributed by atoms with Crippen molar-refractivity contribution in [1.29, 1.82) is 0 Å². The Labute approximate surface area is 93.2 Å². The third-order valence-corrected chi connectivity index (χ3v) is 2.17. The van der Waals surface area contributed by atoms with Crippen molar-refractivity contribution in [3.05, 3.63) is 35.7 Å². The Bertz CT molecular complexity index is 451. The molecule has 84 valence electrons. The highest BCUT2D eigenvalue weighted by Crippen LogP contribution is 2.16. The van der Waals surface area contributed by atoms with Gasteiger partial charge in [-0.15, -0.1) is 0 Å². The summed E-state index contributed by atoms with van der Waals surface area (Å²) in [7, 11) is 1.67. The molecule has 0 saturated carbocycles. The zero-order valence-corrected chi connectivity index (χ0v) is 9.01. The van der Waals surface area contributed by atoms with Crippen LogP contribution in [0.2, 0.25) is 0 Å². The second-order valence-corrected chi connectivity index (χ2v) is 3.35. The zero-order chi connectivity index (χ0) is 11.4. The van der Waals surface area contributed by atoms with Crippen molar-refractivity contribution < 1.29 is 9.26 Å². The van der Waals surface area contributed by atoms with E-state index in [0.29, 0.717) is 18.3 Å². The number of ether oxygens (including phenoxy) is 1. The summed E-state index contributed by atoms with van der Waals surface area (Å²) in [6, 6.07) is 7.80. The number of hydrogen-bond donors (Lipinski definition) is 1. The van der Waals surface area contributed by atoms with E-state index >= 15 is 0 Å². The summed E-state index contributed by atoms with van der Waals surface area (Å²) >= 11 is 0. The van der Waals surface area contributed by atoms with E-state index in [2.05, 4.69) is 10.1 Å². The lowest BCUT2D eigenvalue weighted by Crippen LogP contribution is -1.95. The van der Waals surface area contributed by atoms with E-state index in [4.69, 9.17) is 15.0 Å². The fourth-order valence-corrected chi connectivity index (χ4v) is 1.37. The number of aromatic nitrogens is 2. The quantitative estimate of drug-likeness (QED) is 0.839. The van der Waals surface area contributed by atoms with Gasteiger partial charge in [0.25, 0.3) is 0 Å². The summed E-state index contributed by atoms with van der Waals surface area (Å²) in [6.07, 6.45) is 0. The minimum Gasteiger partial charge on any atom is -0.380 e. The highest BCUT2D eigenvalue weighted by Gasteiger charge is 2.06. The van der Waals surface area contributed by atoms with E-state index in [0.717, 1.165) is 11.1 Å². The summed E-state index contributed by atoms with van der Waals surface area (Å²) in [5, 5.41) is 3.84. The van der Waals surface area contributed by atoms with Crippen molar-refractivity contribution in [2.24, 2.45) is 5.73 Å². The van der Waals surface area contributed by atoms with Gasteiger partial charge in [-0.2, -0.15) is 4.98 Å². The number of rotatable bonds is 4. The van der Waals surface area contributed by atoms with E-state index in [1.54, 1.807) is 7.11 Å². The third-order valence-electron chi connectivity index (χ3n) is 2.17. The maximum atomic E-state index is 5.39. The largest absolute Gasteiger partial charge is 0.380 e. The highest BCUT2D eigenvalue weighted by atomic mass is 16.5. The summed E-state index contributed by atoms with van der Waals surface area (Å²) in [6.45, 7) is 0.856. The first-order valence-electron chi connectivity index (χ1n) is 4.94. The number of hydrogen-bond acceptors (Lipinski definition) is 5. The van der Waals surface area contributed by atoms with Gasteiger partial charge in [0.15, 0.2) is 0 Å². The molecule has 2 N–H and O–H groups in total. The molecule has 0 spiro atoms. The standard InChI is InChI=1S/C11H13N3O2/c1-15-7-8-2-4-9(5-3-8)11-13-10(6-12)16-14-11/h2-5H,6-7,12H2,1H3. The first-order valence-corrected chi connectivity index (χ1v) is 4.94. The van der Waals surface area contributed by atoms with Gasteiger partial charge in [0.05, 0.1) is 13.2 Å². The molecule has 0 amide bonds. The van der Waals surface area contributed by atoms with Gasteiger partial charge in [-0.3, -0.25) is 0 Å². The van der Waals surface area contributed by atoms with Crippen LogP contribution < -0.4 is 5.73 Å². The summed E-state index contributed by atoms with van der Waals surface area (Å²) in [5.74, 6) is 1.00. The van der Waals surface area contributed by atoms with Crippen LogP contribution >= 0.6 is 0 Å². The van der Waals surface area contributed by atoms with Crippen LogP contribution in [0.5, 0.6) is 0 Å². The molecule has 1 aromatic carbocycles. The Kier molecular flexibility index (Phi) is 3.28. The molecule has 0 atom stereocenters. The molecular formula is C11H13N3O2. The van der Waals surface area contributed by atoms with Crippen molar-refractivity contribution >= 4 is 0 Å². The van der Waals surface area contributed by atoms with Crippen LogP contribution in [0.15, 0.2) is 28.8 Å². The molecule has 2 aromatic rings. The van der Waals surface area contributed by atoms with E-state index in [-0.39, 0.29) is 6.54 Å². The normalized spacial score (nSPS) is 10.6. The van der Waals surface area contributed by atoms with Crippen LogP contribution in [0.1, 0.15) is 11.5 Å². The smallest absolute Gasteiger partial charge is 0.240 e. The van der Waals surface area contributed by atoms with E-state index < -0.39 is 0 Å². The molecule has 5 heteroatoms. The van der Waals surface area contributed by atoms with Gasteiger partial charge in [0.2, 0.25) is 11.7 Å². The lowest BCUT2D eigenvalue weighted by atomic mass is 10.1. The van der Waals surface area contributed by atoms with Crippen LogP contribution in [0, 0.1) is 0 Å². The third kappa shape index (κ3) is 2.26. The summed E-state index contributed by atoms with van der Waals surface area (Å²) in [4.78, 5) is 4.14. The molecule has 0 fully saturated rings. The van der Waals surface area contributed by atoms with Gasteiger partial charge >= 0.3 is 0 Å². The minimum atomic E-state index is 0.259. The van der Waals surface area contributed by atoms with Gasteiger partial charge < -0.3 is 15.0 Å². The molecule has 5 nitrogen and oxygen atoms in total. The van der Waals surface area contributed by atoms with Gasteiger partial charge in [0.1, 0.15) is 0 Å². The van der Waals surface area contributed by atoms with Crippen molar-refractivity contribution in [2.75, 3.05) is 7.11 Å². The molecule has 0 aliphatic carbocycles. The SMILES string of the molecule is COCc1ccc(-c2noc(CN)n2)cc1. The molecule has 0 aliphatic rings. The van der Waals surface area contributed by atoms with Crippen molar-refractivity contribution in [2.45, 2.75) is 13.2 Å². The molecule has 1 aromatic heterocycles. The first kappa shape index (κ1) is 10.8. The Morgan fingerprint density at radius 2 is 2.06 bits per heavy atom. The predicted molar refractivity (Wildman–Crippen MR) is 58.3 cm³/mol. The van der Waals surface area contributed by atoms with Crippen LogP contribution in [0.4, 0.5) is 0 Å². The van der Waals surface area contributed by atoms with Crippen molar-refractivity contribution in [3.8, 4) is 11.4 Å². The second-order valence-electron chi connectivity index (χ2n) is 3.35. The fraction of sp³-hybridized carbons (Fsp3) is 0.273. The molecule has 1 heterocycles. The molecule has 0 bridgehead atoms. The highest BCUT2D eigenvalue weighted by molar-refractivity contribution is 5.54. The molecule has 0 unspecified atom stereocenters. The topological polar surface area (TPSA) is 74.2 Å². The lowest BCUT2D eigenvalue weighted by Gasteiger charge is -1.99. The lowest BCUT2D eigenvalue weighted by molar-refractivity contribution is 0.185.